The topological polar surface area (TPSA) is 66.1 Å². The lowest BCUT2D eigenvalue weighted by Gasteiger charge is -2.26. The van der Waals surface area contributed by atoms with E-state index in [1.54, 1.807) is 31.3 Å². The van der Waals surface area contributed by atoms with Crippen molar-refractivity contribution in [3.63, 3.8) is 0 Å². The molecular weight excluding hydrogens is 346 g/mol. The highest BCUT2D eigenvalue weighted by molar-refractivity contribution is 7.19. The molecule has 2 aromatic heterocycles. The maximum Gasteiger partial charge on any atom is 0.271 e. The molecule has 0 N–H and O–H groups in total. The number of imide groups is 1. The Morgan fingerprint density at radius 3 is 2.50 bits per heavy atom. The molecule has 134 valence electrons. The van der Waals surface area contributed by atoms with E-state index in [4.69, 9.17) is 0 Å². The molecule has 26 heavy (non-hydrogen) atoms. The molecule has 2 aromatic rings. The van der Waals surface area contributed by atoms with Crippen molar-refractivity contribution in [1.82, 2.24) is 9.47 Å². The Balaban J connectivity index is 2.12. The summed E-state index contributed by atoms with van der Waals surface area (Å²) in [5.41, 5.74) is 3.30. The Kier molecular flexibility index (Phi) is 4.59. The Hall–Kier alpha value is -2.65. The average Bonchev–Trinajstić information content (AvgIpc) is 3.11. The second kappa shape index (κ2) is 6.58. The minimum Gasteiger partial charge on any atom is -0.347 e. The van der Waals surface area contributed by atoms with E-state index in [-0.39, 0.29) is 18.0 Å². The first kappa shape index (κ1) is 18.2. The molecule has 0 fully saturated rings. The van der Waals surface area contributed by atoms with Gasteiger partial charge in [0.1, 0.15) is 11.6 Å². The minimum atomic E-state index is -0.507. The zero-order valence-corrected chi connectivity index (χ0v) is 16.4. The van der Waals surface area contributed by atoms with E-state index in [1.165, 1.54) is 5.69 Å². The summed E-state index contributed by atoms with van der Waals surface area (Å²) in [4.78, 5) is 27.0. The van der Waals surface area contributed by atoms with Gasteiger partial charge in [-0.25, -0.2) is 0 Å². The molecule has 0 aliphatic carbocycles. The Bertz CT molecular complexity index is 1030. The Morgan fingerprint density at radius 2 is 1.96 bits per heavy atom. The van der Waals surface area contributed by atoms with Gasteiger partial charge in [0.2, 0.25) is 0 Å². The number of likely N-dealkylation sites (N-methyl/N-ethyl adjacent to an activating group) is 1. The van der Waals surface area contributed by atoms with Crippen molar-refractivity contribution in [2.75, 3.05) is 6.54 Å². The summed E-state index contributed by atoms with van der Waals surface area (Å²) in [5, 5.41) is 9.32. The summed E-state index contributed by atoms with van der Waals surface area (Å²) >= 11 is 1.61. The lowest BCUT2D eigenvalue weighted by atomic mass is 9.95. The summed E-state index contributed by atoms with van der Waals surface area (Å²) in [6.07, 6.45) is 1.80. The van der Waals surface area contributed by atoms with Gasteiger partial charge in [0.15, 0.2) is 0 Å². The highest BCUT2D eigenvalue weighted by Crippen LogP contribution is 2.34. The number of hydrogen-bond donors (Lipinski definition) is 0. The fraction of sp³-hybridized carbons (Fsp3) is 0.350. The van der Waals surface area contributed by atoms with Gasteiger partial charge in [0.05, 0.1) is 10.2 Å². The van der Waals surface area contributed by atoms with Gasteiger partial charge in [0, 0.05) is 29.7 Å². The molecule has 0 saturated carbocycles. The second-order valence-electron chi connectivity index (χ2n) is 6.71. The second-order valence-corrected chi connectivity index (χ2v) is 7.82. The smallest absolute Gasteiger partial charge is 0.271 e. The van der Waals surface area contributed by atoms with Gasteiger partial charge in [-0.05, 0) is 43.5 Å². The molecule has 0 atom stereocenters. The zero-order chi connectivity index (χ0) is 19.2. The van der Waals surface area contributed by atoms with Crippen molar-refractivity contribution < 1.29 is 9.59 Å². The van der Waals surface area contributed by atoms with Crippen LogP contribution in [-0.2, 0) is 16.6 Å². The fourth-order valence-corrected chi connectivity index (χ4v) is 4.42. The molecule has 1 aliphatic rings. The molecule has 2 amide bonds. The third-order valence-corrected chi connectivity index (χ3v) is 5.82. The normalized spacial score (nSPS) is 17.1. The molecule has 0 spiro atoms. The SMILES string of the molecule is CCN1C(=O)C(C#N)=C(C)/C(=C/c2cc3c(cc(C(C)C)n3C)s2)C1=O. The van der Waals surface area contributed by atoms with Crippen molar-refractivity contribution in [3.8, 4) is 6.07 Å². The van der Waals surface area contributed by atoms with Gasteiger partial charge < -0.3 is 4.57 Å². The van der Waals surface area contributed by atoms with E-state index >= 15 is 0 Å². The monoisotopic (exact) mass is 367 g/mol. The van der Waals surface area contributed by atoms with E-state index in [1.807, 2.05) is 13.1 Å². The molecule has 3 rings (SSSR count). The molecular formula is C20H21N3O2S. The van der Waals surface area contributed by atoms with E-state index in [0.29, 0.717) is 17.1 Å². The molecule has 0 bridgehead atoms. The number of hydrogen-bond acceptors (Lipinski definition) is 4. The number of carbonyl (C=O) groups is 2. The first-order valence-electron chi connectivity index (χ1n) is 8.58. The largest absolute Gasteiger partial charge is 0.347 e. The van der Waals surface area contributed by atoms with Crippen LogP contribution < -0.4 is 0 Å². The van der Waals surface area contributed by atoms with Crippen LogP contribution in [0.3, 0.4) is 0 Å². The van der Waals surface area contributed by atoms with Crippen LogP contribution in [-0.4, -0.2) is 27.8 Å². The Morgan fingerprint density at radius 1 is 1.27 bits per heavy atom. The van der Waals surface area contributed by atoms with Crippen LogP contribution in [0.25, 0.3) is 16.3 Å². The van der Waals surface area contributed by atoms with Crippen LogP contribution in [0, 0.1) is 11.3 Å². The van der Waals surface area contributed by atoms with Crippen LogP contribution in [0.4, 0.5) is 0 Å². The average molecular weight is 367 g/mol. The van der Waals surface area contributed by atoms with Crippen LogP contribution in [0.15, 0.2) is 28.9 Å². The van der Waals surface area contributed by atoms with Gasteiger partial charge in [0.25, 0.3) is 11.8 Å². The summed E-state index contributed by atoms with van der Waals surface area (Å²) < 4.78 is 3.34. The first-order valence-corrected chi connectivity index (χ1v) is 9.40. The van der Waals surface area contributed by atoms with E-state index in [9.17, 15) is 14.9 Å². The maximum absolute atomic E-state index is 12.7. The third kappa shape index (κ3) is 2.69. The van der Waals surface area contributed by atoms with E-state index in [0.717, 1.165) is 20.0 Å². The Labute approximate surface area is 156 Å². The van der Waals surface area contributed by atoms with Gasteiger partial charge >= 0.3 is 0 Å². The summed E-state index contributed by atoms with van der Waals surface area (Å²) in [7, 11) is 2.05. The summed E-state index contributed by atoms with van der Waals surface area (Å²) in [5.74, 6) is -0.407. The number of amides is 2. The van der Waals surface area contributed by atoms with Gasteiger partial charge in [-0.15, -0.1) is 11.3 Å². The lowest BCUT2D eigenvalue weighted by Crippen LogP contribution is -2.42. The molecule has 0 aromatic carbocycles. The maximum atomic E-state index is 12.7. The summed E-state index contributed by atoms with van der Waals surface area (Å²) in [6.45, 7) is 7.97. The highest BCUT2D eigenvalue weighted by Gasteiger charge is 2.34. The molecule has 1 aliphatic heterocycles. The number of aromatic nitrogens is 1. The number of carbonyl (C=O) groups excluding carboxylic acids is 2. The van der Waals surface area contributed by atoms with Crippen molar-refractivity contribution in [3.05, 3.63) is 39.4 Å². The van der Waals surface area contributed by atoms with Crippen molar-refractivity contribution >= 4 is 39.4 Å². The standard InChI is InChI=1S/C20H21N3O2S/c1-6-23-19(24)14(12(4)15(10-21)20(23)25)7-13-8-17-18(26-13)9-16(11(2)3)22(17)5/h7-9,11H,6H2,1-5H3/b14-7-. The molecule has 3 heterocycles. The van der Waals surface area contributed by atoms with Crippen molar-refractivity contribution in [1.29, 1.82) is 5.26 Å². The predicted molar refractivity (Wildman–Crippen MR) is 104 cm³/mol. The molecule has 0 unspecified atom stereocenters. The van der Waals surface area contributed by atoms with Gasteiger partial charge in [-0.1, -0.05) is 13.8 Å². The fourth-order valence-electron chi connectivity index (χ4n) is 3.33. The minimum absolute atomic E-state index is 0.0425. The number of aryl methyl sites for hydroxylation is 1. The molecule has 6 heteroatoms. The third-order valence-electron chi connectivity index (χ3n) is 4.81. The van der Waals surface area contributed by atoms with Crippen LogP contribution in [0.5, 0.6) is 0 Å². The van der Waals surface area contributed by atoms with Crippen molar-refractivity contribution in [2.24, 2.45) is 7.05 Å². The number of nitriles is 1. The van der Waals surface area contributed by atoms with Crippen LogP contribution >= 0.6 is 11.3 Å². The lowest BCUT2D eigenvalue weighted by molar-refractivity contribution is -0.140. The number of nitrogens with zero attached hydrogens (tertiary/aromatic N) is 3. The van der Waals surface area contributed by atoms with Gasteiger partial charge in [-0.2, -0.15) is 5.26 Å². The van der Waals surface area contributed by atoms with Crippen LogP contribution in [0.1, 0.15) is 44.2 Å². The van der Waals surface area contributed by atoms with E-state index in [2.05, 4.69) is 30.5 Å². The molecule has 5 nitrogen and oxygen atoms in total. The summed E-state index contributed by atoms with van der Waals surface area (Å²) in [6, 6.07) is 6.18. The quantitative estimate of drug-likeness (QED) is 0.609. The van der Waals surface area contributed by atoms with E-state index < -0.39 is 5.91 Å². The highest BCUT2D eigenvalue weighted by atomic mass is 32.1. The number of rotatable bonds is 3. The number of fused-ring (bicyclic) bond motifs is 1. The first-order chi connectivity index (χ1) is 12.3. The predicted octanol–water partition coefficient (Wildman–Crippen LogP) is 3.98. The zero-order valence-electron chi connectivity index (χ0n) is 15.6. The van der Waals surface area contributed by atoms with Gasteiger partial charge in [-0.3, -0.25) is 14.5 Å². The van der Waals surface area contributed by atoms with Crippen LogP contribution in [0.2, 0.25) is 0 Å². The molecule has 0 saturated heterocycles. The van der Waals surface area contributed by atoms with Crippen molar-refractivity contribution in [2.45, 2.75) is 33.6 Å². The number of thiophene rings is 1. The molecule has 0 radical (unpaired) electrons.